The average molecular weight is 231 g/mol. The smallest absolute Gasteiger partial charge is 0.236 e. The number of rotatable bonds is 2. The van der Waals surface area contributed by atoms with Gasteiger partial charge < -0.3 is 4.74 Å². The largest absolute Gasteiger partial charge is 0.379 e. The summed E-state index contributed by atoms with van der Waals surface area (Å²) in [6, 6.07) is 0. The summed E-state index contributed by atoms with van der Waals surface area (Å²) in [5.41, 5.74) is -0.273. The first-order chi connectivity index (χ1) is 7.11. The van der Waals surface area contributed by atoms with Crippen LogP contribution in [0.1, 0.15) is 25.7 Å². The lowest BCUT2D eigenvalue weighted by molar-refractivity contribution is 0.0979. The Morgan fingerprint density at radius 2 is 2.13 bits per heavy atom. The van der Waals surface area contributed by atoms with E-state index in [1.807, 2.05) is 0 Å². The van der Waals surface area contributed by atoms with Gasteiger partial charge in [0.1, 0.15) is 0 Å². The van der Waals surface area contributed by atoms with Crippen LogP contribution in [-0.2, 0) is 14.8 Å². The number of sulfonamides is 1. The van der Waals surface area contributed by atoms with Gasteiger partial charge in [-0.25, -0.2) is 8.42 Å². The van der Waals surface area contributed by atoms with Crippen molar-refractivity contribution in [1.29, 1.82) is 0 Å². The summed E-state index contributed by atoms with van der Waals surface area (Å²) >= 11 is 0. The first-order valence-electron chi connectivity index (χ1n) is 5.34. The van der Waals surface area contributed by atoms with Crippen molar-refractivity contribution in [2.24, 2.45) is 0 Å². The Bertz CT molecular complexity index is 344. The summed E-state index contributed by atoms with van der Waals surface area (Å²) in [7, 11) is -3.30. The molecule has 2 aliphatic heterocycles. The number of ether oxygens (including phenoxy) is 1. The second-order valence-electron chi connectivity index (χ2n) is 4.27. The van der Waals surface area contributed by atoms with E-state index in [-0.39, 0.29) is 5.54 Å². The van der Waals surface area contributed by atoms with E-state index in [9.17, 15) is 8.42 Å². The summed E-state index contributed by atoms with van der Waals surface area (Å²) in [5, 5.41) is 1.05. The maximum absolute atomic E-state index is 11.9. The standard InChI is InChI=1S/C10H17NO3S/c1-2-15(12,13)11-7-4-3-5-10(11)6-8-14-9-10/h2H,1,3-9H2. The summed E-state index contributed by atoms with van der Waals surface area (Å²) in [6.07, 6.45) is 3.77. The fraction of sp³-hybridized carbons (Fsp3) is 0.800. The van der Waals surface area contributed by atoms with Crippen molar-refractivity contribution in [3.63, 3.8) is 0 Å². The lowest BCUT2D eigenvalue weighted by Gasteiger charge is -2.41. The Morgan fingerprint density at radius 1 is 1.33 bits per heavy atom. The maximum atomic E-state index is 11.9. The topological polar surface area (TPSA) is 46.6 Å². The number of nitrogens with zero attached hydrogens (tertiary/aromatic N) is 1. The summed E-state index contributed by atoms with van der Waals surface area (Å²) < 4.78 is 30.7. The Kier molecular flexibility index (Phi) is 2.87. The predicted molar refractivity (Wildman–Crippen MR) is 57.8 cm³/mol. The SMILES string of the molecule is C=CS(=O)(=O)N1CCCCC12CCOC2. The minimum absolute atomic E-state index is 0.273. The molecule has 2 fully saturated rings. The molecule has 0 saturated carbocycles. The van der Waals surface area contributed by atoms with Crippen LogP contribution in [0.2, 0.25) is 0 Å². The molecule has 0 aliphatic carbocycles. The normalized spacial score (nSPS) is 33.3. The van der Waals surface area contributed by atoms with Crippen molar-refractivity contribution in [3.8, 4) is 0 Å². The van der Waals surface area contributed by atoms with Gasteiger partial charge in [0, 0.05) is 18.6 Å². The average Bonchev–Trinajstić information content (AvgIpc) is 2.67. The van der Waals surface area contributed by atoms with Crippen LogP contribution in [-0.4, -0.2) is 38.0 Å². The first kappa shape index (κ1) is 11.1. The van der Waals surface area contributed by atoms with Crippen LogP contribution in [0.4, 0.5) is 0 Å². The molecule has 86 valence electrons. The third-order valence-corrected chi connectivity index (χ3v) is 4.99. The predicted octanol–water partition coefficient (Wildman–Crippen LogP) is 1.10. The van der Waals surface area contributed by atoms with E-state index in [0.717, 1.165) is 31.1 Å². The van der Waals surface area contributed by atoms with Gasteiger partial charge in [-0.3, -0.25) is 0 Å². The molecule has 1 atom stereocenters. The molecule has 15 heavy (non-hydrogen) atoms. The van der Waals surface area contributed by atoms with Gasteiger partial charge in [-0.05, 0) is 19.3 Å². The molecule has 1 unspecified atom stereocenters. The number of hydrogen-bond acceptors (Lipinski definition) is 3. The summed E-state index contributed by atoms with van der Waals surface area (Å²) in [5.74, 6) is 0. The van der Waals surface area contributed by atoms with Crippen LogP contribution in [0.15, 0.2) is 12.0 Å². The molecule has 0 aromatic rings. The first-order valence-corrected chi connectivity index (χ1v) is 6.84. The zero-order valence-corrected chi connectivity index (χ0v) is 9.63. The molecule has 0 aromatic carbocycles. The lowest BCUT2D eigenvalue weighted by atomic mass is 9.88. The third-order valence-electron chi connectivity index (χ3n) is 3.38. The van der Waals surface area contributed by atoms with Gasteiger partial charge in [0.25, 0.3) is 0 Å². The van der Waals surface area contributed by atoms with Gasteiger partial charge >= 0.3 is 0 Å². The third kappa shape index (κ3) is 1.84. The van der Waals surface area contributed by atoms with Gasteiger partial charge in [-0.1, -0.05) is 13.0 Å². The molecular weight excluding hydrogens is 214 g/mol. The number of hydrogen-bond donors (Lipinski definition) is 0. The lowest BCUT2D eigenvalue weighted by Crippen LogP contribution is -2.54. The zero-order chi connectivity index (χ0) is 10.9. The van der Waals surface area contributed by atoms with Crippen LogP contribution >= 0.6 is 0 Å². The van der Waals surface area contributed by atoms with Gasteiger partial charge in [-0.15, -0.1) is 0 Å². The second-order valence-corrected chi connectivity index (χ2v) is 6.07. The van der Waals surface area contributed by atoms with Crippen LogP contribution in [0, 0.1) is 0 Å². The van der Waals surface area contributed by atoms with Crippen molar-refractivity contribution < 1.29 is 13.2 Å². The Balaban J connectivity index is 2.31. The molecule has 2 heterocycles. The molecular formula is C10H17NO3S. The van der Waals surface area contributed by atoms with Crippen molar-refractivity contribution >= 4 is 10.0 Å². The van der Waals surface area contributed by atoms with Gasteiger partial charge in [0.2, 0.25) is 10.0 Å². The Labute approximate surface area is 91.0 Å². The molecule has 0 aromatic heterocycles. The highest BCUT2D eigenvalue weighted by Crippen LogP contribution is 2.37. The summed E-state index contributed by atoms with van der Waals surface area (Å²) in [6.45, 7) is 5.21. The van der Waals surface area contributed by atoms with Crippen LogP contribution in [0.5, 0.6) is 0 Å². The molecule has 2 aliphatic rings. The molecule has 0 amide bonds. The maximum Gasteiger partial charge on any atom is 0.236 e. The highest BCUT2D eigenvalue weighted by molar-refractivity contribution is 7.92. The van der Waals surface area contributed by atoms with E-state index in [1.165, 1.54) is 0 Å². The van der Waals surface area contributed by atoms with E-state index < -0.39 is 10.0 Å². The van der Waals surface area contributed by atoms with Gasteiger partial charge in [0.15, 0.2) is 0 Å². The molecule has 0 bridgehead atoms. The molecule has 2 saturated heterocycles. The van der Waals surface area contributed by atoms with E-state index in [2.05, 4.69) is 6.58 Å². The minimum atomic E-state index is -3.30. The number of piperidine rings is 1. The summed E-state index contributed by atoms with van der Waals surface area (Å²) in [4.78, 5) is 0. The quantitative estimate of drug-likeness (QED) is 0.715. The highest BCUT2D eigenvalue weighted by Gasteiger charge is 2.46. The van der Waals surface area contributed by atoms with Crippen LogP contribution in [0.25, 0.3) is 0 Å². The van der Waals surface area contributed by atoms with E-state index in [0.29, 0.717) is 19.8 Å². The fourth-order valence-corrected chi connectivity index (χ4v) is 3.89. The van der Waals surface area contributed by atoms with Gasteiger partial charge in [0.05, 0.1) is 12.1 Å². The molecule has 0 N–H and O–H groups in total. The van der Waals surface area contributed by atoms with Gasteiger partial charge in [-0.2, -0.15) is 4.31 Å². The van der Waals surface area contributed by atoms with Crippen LogP contribution < -0.4 is 0 Å². The van der Waals surface area contributed by atoms with E-state index >= 15 is 0 Å². The second kappa shape index (κ2) is 3.88. The van der Waals surface area contributed by atoms with Crippen molar-refractivity contribution in [3.05, 3.63) is 12.0 Å². The van der Waals surface area contributed by atoms with E-state index in [1.54, 1.807) is 4.31 Å². The fourth-order valence-electron chi connectivity index (χ4n) is 2.55. The Hall–Kier alpha value is -0.390. The zero-order valence-electron chi connectivity index (χ0n) is 8.81. The molecule has 2 rings (SSSR count). The van der Waals surface area contributed by atoms with Crippen LogP contribution in [0.3, 0.4) is 0 Å². The molecule has 5 heteroatoms. The molecule has 4 nitrogen and oxygen atoms in total. The minimum Gasteiger partial charge on any atom is -0.379 e. The Morgan fingerprint density at radius 3 is 2.73 bits per heavy atom. The van der Waals surface area contributed by atoms with Crippen molar-refractivity contribution in [2.45, 2.75) is 31.2 Å². The van der Waals surface area contributed by atoms with Crippen molar-refractivity contribution in [1.82, 2.24) is 4.31 Å². The van der Waals surface area contributed by atoms with Crippen molar-refractivity contribution in [2.75, 3.05) is 19.8 Å². The molecule has 1 spiro atoms. The van der Waals surface area contributed by atoms with E-state index in [4.69, 9.17) is 4.74 Å². The monoisotopic (exact) mass is 231 g/mol. The molecule has 0 radical (unpaired) electrons. The highest BCUT2D eigenvalue weighted by atomic mass is 32.2.